The van der Waals surface area contributed by atoms with E-state index in [0.717, 1.165) is 12.8 Å². The molecule has 2 rings (SSSR count). The van der Waals surface area contributed by atoms with Gasteiger partial charge in [-0.3, -0.25) is 14.5 Å². The van der Waals surface area contributed by atoms with Crippen molar-refractivity contribution in [3.63, 3.8) is 0 Å². The van der Waals surface area contributed by atoms with Crippen molar-refractivity contribution in [2.75, 3.05) is 7.05 Å². The Hall–Kier alpha value is -1.18. The summed E-state index contributed by atoms with van der Waals surface area (Å²) < 4.78 is 11.4. The van der Waals surface area contributed by atoms with Crippen molar-refractivity contribution in [2.45, 2.75) is 135 Å². The van der Waals surface area contributed by atoms with E-state index >= 15 is 0 Å². The van der Waals surface area contributed by atoms with Gasteiger partial charge in [0.15, 0.2) is 0 Å². The Balaban J connectivity index is 1.77. The van der Waals surface area contributed by atoms with E-state index in [0.29, 0.717) is 19.3 Å². The Morgan fingerprint density at radius 1 is 0.742 bits per heavy atom. The topological polar surface area (TPSA) is 79.3 Å². The predicted molar refractivity (Wildman–Crippen MR) is 120 cm³/mol. The first kappa shape index (κ1) is 26.1. The zero-order valence-electron chi connectivity index (χ0n) is 21.1. The molecule has 0 aromatic rings. The molecule has 2 saturated heterocycles. The molecule has 31 heavy (non-hydrogen) atoms. The highest BCUT2D eigenvalue weighted by atomic mass is 16.6. The molecule has 2 fully saturated rings. The molecule has 2 aliphatic heterocycles. The van der Waals surface area contributed by atoms with Crippen LogP contribution in [0.3, 0.4) is 0 Å². The van der Waals surface area contributed by atoms with Gasteiger partial charge in [-0.05, 0) is 68.9 Å². The molecular weight excluding hydrogens is 396 g/mol. The normalized spacial score (nSPS) is 26.4. The van der Waals surface area contributed by atoms with Crippen LogP contribution in [-0.4, -0.2) is 68.5 Å². The van der Waals surface area contributed by atoms with Crippen LogP contribution in [0.4, 0.5) is 0 Å². The number of esters is 2. The Bertz CT molecular complexity index is 579. The van der Waals surface area contributed by atoms with E-state index in [1.54, 1.807) is 0 Å². The van der Waals surface area contributed by atoms with Gasteiger partial charge in [0.1, 0.15) is 12.2 Å². The molecule has 0 aliphatic carbocycles. The van der Waals surface area contributed by atoms with Gasteiger partial charge in [0, 0.05) is 60.7 Å². The lowest BCUT2D eigenvalue weighted by molar-refractivity contribution is -0.259. The van der Waals surface area contributed by atoms with Crippen molar-refractivity contribution < 1.29 is 24.3 Å². The fraction of sp³-hybridized carbons (Fsp3) is 0.917. The van der Waals surface area contributed by atoms with Crippen molar-refractivity contribution in [1.29, 1.82) is 0 Å². The summed E-state index contributed by atoms with van der Waals surface area (Å²) in [6, 6.07) is 0. The number of hydrogen-bond donors (Lipinski definition) is 1. The largest absolute Gasteiger partial charge is 0.462 e. The number of rotatable bonds is 6. The number of piperidine rings is 2. The van der Waals surface area contributed by atoms with Crippen molar-refractivity contribution in [2.24, 2.45) is 0 Å². The molecule has 0 spiro atoms. The van der Waals surface area contributed by atoms with Gasteiger partial charge in [-0.15, -0.1) is 0 Å². The van der Waals surface area contributed by atoms with Gasteiger partial charge in [-0.1, -0.05) is 0 Å². The summed E-state index contributed by atoms with van der Waals surface area (Å²) >= 11 is 0. The van der Waals surface area contributed by atoms with Gasteiger partial charge in [-0.25, -0.2) is 0 Å². The summed E-state index contributed by atoms with van der Waals surface area (Å²) in [5.74, 6) is -0.540. The van der Waals surface area contributed by atoms with Crippen LogP contribution in [0.25, 0.3) is 0 Å². The van der Waals surface area contributed by atoms with Gasteiger partial charge in [0.05, 0.1) is 0 Å². The second-order valence-corrected chi connectivity index (χ2v) is 12.0. The Morgan fingerprint density at radius 2 is 1.06 bits per heavy atom. The maximum atomic E-state index is 12.4. The van der Waals surface area contributed by atoms with Crippen molar-refractivity contribution >= 4 is 11.9 Å². The van der Waals surface area contributed by atoms with E-state index in [4.69, 9.17) is 9.47 Å². The van der Waals surface area contributed by atoms with Gasteiger partial charge in [0.25, 0.3) is 0 Å². The SMILES string of the molecule is CN1C(C)(C)CC(OC(=O)CCCC(=O)OC2CC(C)(C)N(O)C(C)(C)C2)CC1(C)C. The van der Waals surface area contributed by atoms with Crippen molar-refractivity contribution in [1.82, 2.24) is 9.96 Å². The van der Waals surface area contributed by atoms with Crippen LogP contribution in [0.15, 0.2) is 0 Å². The molecule has 0 atom stereocenters. The number of likely N-dealkylation sites (tertiary alicyclic amines) is 1. The summed E-state index contributed by atoms with van der Waals surface area (Å²) in [6.45, 7) is 16.5. The lowest BCUT2D eigenvalue weighted by Gasteiger charge is -2.53. The molecule has 2 aliphatic rings. The smallest absolute Gasteiger partial charge is 0.306 e. The number of ether oxygens (including phenoxy) is 2. The third kappa shape index (κ3) is 6.42. The van der Waals surface area contributed by atoms with E-state index in [1.165, 1.54) is 5.06 Å². The van der Waals surface area contributed by atoms with E-state index in [2.05, 4.69) is 39.6 Å². The first-order valence-corrected chi connectivity index (χ1v) is 11.6. The molecule has 0 radical (unpaired) electrons. The lowest BCUT2D eigenvalue weighted by Crippen LogP contribution is -2.60. The molecule has 0 aromatic heterocycles. The van der Waals surface area contributed by atoms with Crippen LogP contribution in [0.5, 0.6) is 0 Å². The Kier molecular flexibility index (Phi) is 7.56. The number of carbonyl (C=O) groups is 2. The highest BCUT2D eigenvalue weighted by Crippen LogP contribution is 2.39. The minimum Gasteiger partial charge on any atom is -0.462 e. The molecule has 0 saturated carbocycles. The van der Waals surface area contributed by atoms with Crippen LogP contribution in [0.2, 0.25) is 0 Å². The van der Waals surface area contributed by atoms with Gasteiger partial charge in [-0.2, -0.15) is 5.06 Å². The highest BCUT2D eigenvalue weighted by Gasteiger charge is 2.46. The molecular formula is C24H44N2O5. The summed E-state index contributed by atoms with van der Waals surface area (Å²) in [5.41, 5.74) is -1.01. The summed E-state index contributed by atoms with van der Waals surface area (Å²) in [6.07, 6.45) is 3.23. The fourth-order valence-corrected chi connectivity index (χ4v) is 5.49. The van der Waals surface area contributed by atoms with E-state index in [1.807, 2.05) is 27.7 Å². The molecule has 2 heterocycles. The minimum absolute atomic E-state index is 0.0395. The number of hydrogen-bond acceptors (Lipinski definition) is 7. The number of hydroxylamine groups is 2. The fourth-order valence-electron chi connectivity index (χ4n) is 5.49. The van der Waals surface area contributed by atoms with Gasteiger partial charge >= 0.3 is 11.9 Å². The molecule has 7 heteroatoms. The Labute approximate surface area is 188 Å². The monoisotopic (exact) mass is 440 g/mol. The second-order valence-electron chi connectivity index (χ2n) is 12.0. The van der Waals surface area contributed by atoms with Crippen LogP contribution >= 0.6 is 0 Å². The second kappa shape index (κ2) is 8.99. The maximum Gasteiger partial charge on any atom is 0.306 e. The van der Waals surface area contributed by atoms with E-state index < -0.39 is 11.1 Å². The predicted octanol–water partition coefficient (Wildman–Crippen LogP) is 4.31. The van der Waals surface area contributed by atoms with Crippen molar-refractivity contribution in [3.05, 3.63) is 0 Å². The van der Waals surface area contributed by atoms with Crippen LogP contribution in [-0.2, 0) is 19.1 Å². The van der Waals surface area contributed by atoms with Crippen molar-refractivity contribution in [3.8, 4) is 0 Å². The van der Waals surface area contributed by atoms with E-state index in [-0.39, 0.29) is 48.1 Å². The number of nitrogens with zero attached hydrogens (tertiary/aromatic N) is 2. The first-order chi connectivity index (χ1) is 14.0. The quantitative estimate of drug-likeness (QED) is 0.617. The third-order valence-electron chi connectivity index (χ3n) is 7.23. The highest BCUT2D eigenvalue weighted by molar-refractivity contribution is 5.72. The average molecular weight is 441 g/mol. The minimum atomic E-state index is -0.466. The molecule has 180 valence electrons. The molecule has 0 amide bonds. The van der Waals surface area contributed by atoms with Gasteiger partial charge < -0.3 is 14.7 Å². The summed E-state index contributed by atoms with van der Waals surface area (Å²) in [7, 11) is 2.12. The zero-order chi connectivity index (χ0) is 23.8. The summed E-state index contributed by atoms with van der Waals surface area (Å²) in [5, 5.41) is 11.7. The molecule has 7 nitrogen and oxygen atoms in total. The first-order valence-electron chi connectivity index (χ1n) is 11.6. The van der Waals surface area contributed by atoms with Gasteiger partial charge in [0.2, 0.25) is 0 Å². The average Bonchev–Trinajstić information content (AvgIpc) is 2.56. The lowest BCUT2D eigenvalue weighted by atomic mass is 9.79. The Morgan fingerprint density at radius 3 is 1.42 bits per heavy atom. The molecule has 0 bridgehead atoms. The zero-order valence-corrected chi connectivity index (χ0v) is 21.1. The maximum absolute atomic E-state index is 12.4. The molecule has 0 aromatic carbocycles. The third-order valence-corrected chi connectivity index (χ3v) is 7.23. The molecule has 0 unspecified atom stereocenters. The van der Waals surface area contributed by atoms with Crippen LogP contribution in [0, 0.1) is 0 Å². The van der Waals surface area contributed by atoms with Crippen LogP contribution in [0.1, 0.15) is 100 Å². The standard InChI is InChI=1S/C24H44N2O5/c1-21(2)13-17(14-22(3,4)25(21)9)30-19(27)11-10-12-20(28)31-18-15-23(5,6)26(29)24(7,8)16-18/h17-18,29H,10-16H2,1-9H3. The summed E-state index contributed by atoms with van der Waals surface area (Å²) in [4.78, 5) is 27.1. The van der Waals surface area contributed by atoms with Crippen LogP contribution < -0.4 is 0 Å². The number of carbonyl (C=O) groups excluding carboxylic acids is 2. The van der Waals surface area contributed by atoms with E-state index in [9.17, 15) is 14.8 Å². The molecule has 1 N–H and O–H groups in total.